The predicted molar refractivity (Wildman–Crippen MR) is 182 cm³/mol. The van der Waals surface area contributed by atoms with E-state index in [0.717, 1.165) is 11.1 Å². The van der Waals surface area contributed by atoms with Gasteiger partial charge in [0.05, 0.1) is 29.9 Å². The van der Waals surface area contributed by atoms with Crippen molar-refractivity contribution in [1.82, 2.24) is 10.2 Å². The van der Waals surface area contributed by atoms with E-state index in [1.165, 1.54) is 24.2 Å². The van der Waals surface area contributed by atoms with Gasteiger partial charge in [0.1, 0.15) is 23.4 Å². The van der Waals surface area contributed by atoms with Crippen molar-refractivity contribution in [1.29, 1.82) is 0 Å². The molecule has 1 aromatic heterocycles. The molecule has 3 aromatic carbocycles. The van der Waals surface area contributed by atoms with Crippen molar-refractivity contribution in [2.45, 2.75) is 44.7 Å². The van der Waals surface area contributed by atoms with Gasteiger partial charge in [-0.1, -0.05) is 48.0 Å². The van der Waals surface area contributed by atoms with Gasteiger partial charge in [-0.2, -0.15) is 0 Å². The van der Waals surface area contributed by atoms with Crippen LogP contribution in [0.2, 0.25) is 0 Å². The van der Waals surface area contributed by atoms with Gasteiger partial charge in [0.2, 0.25) is 5.91 Å². The molecule has 2 amide bonds. The van der Waals surface area contributed by atoms with Gasteiger partial charge in [-0.15, -0.1) is 0 Å². The number of benzene rings is 3. The number of hydrogen-bond acceptors (Lipinski definition) is 9. The number of carbonyl (C=O) groups is 2. The molecule has 4 aromatic rings. The lowest BCUT2D eigenvalue weighted by atomic mass is 9.87. The van der Waals surface area contributed by atoms with Crippen LogP contribution in [-0.4, -0.2) is 70.5 Å². The highest BCUT2D eigenvalue weighted by Gasteiger charge is 2.42. The van der Waals surface area contributed by atoms with Gasteiger partial charge < -0.3 is 39.4 Å². The summed E-state index contributed by atoms with van der Waals surface area (Å²) in [4.78, 5) is 42.2. The first-order valence-corrected chi connectivity index (χ1v) is 16.0. The molecule has 3 atom stereocenters. The number of fused-ring (bicyclic) bond motifs is 1. The number of carbonyl (C=O) groups excluding carboxylic acids is 2. The molecule has 4 N–H and O–H groups in total. The summed E-state index contributed by atoms with van der Waals surface area (Å²) in [6, 6.07) is 18.1. The monoisotopic (exact) mass is 754 g/mol. The maximum atomic E-state index is 14.4. The molecule has 246 valence electrons. The van der Waals surface area contributed by atoms with Crippen LogP contribution in [-0.2, 0) is 17.9 Å². The van der Waals surface area contributed by atoms with Gasteiger partial charge >= 0.3 is 5.63 Å². The van der Waals surface area contributed by atoms with Crippen LogP contribution >= 0.6 is 22.6 Å². The standard InChI is InChI=1S/C35H35IN2O9/c1-20-7-9-21(10-8-20)18-38(34(43)25-15-23-5-3-4-6-28(23)47-35(25)44)27-16-24(33(42)37-11-12-39)17-29(31(27)41)46-32-26(36)13-22(19-40)14-30(32)45-2/h3-10,13-15,17,27,29,31,39-41H,11-12,16,18-19H2,1-2H3,(H,37,42)/t27-,29+,31+/m1/s1. The van der Waals surface area contributed by atoms with Crippen LogP contribution in [0.5, 0.6) is 11.5 Å². The highest BCUT2D eigenvalue weighted by Crippen LogP contribution is 2.37. The van der Waals surface area contributed by atoms with E-state index in [9.17, 15) is 29.7 Å². The number of hydrogen-bond donors (Lipinski definition) is 4. The maximum absolute atomic E-state index is 14.4. The number of amides is 2. The van der Waals surface area contributed by atoms with E-state index < -0.39 is 35.7 Å². The largest absolute Gasteiger partial charge is 0.493 e. The summed E-state index contributed by atoms with van der Waals surface area (Å²) in [5.74, 6) is -0.622. The molecule has 0 bridgehead atoms. The number of aryl methyl sites for hydroxylation is 1. The van der Waals surface area contributed by atoms with Crippen molar-refractivity contribution >= 4 is 45.4 Å². The summed E-state index contributed by atoms with van der Waals surface area (Å²) >= 11 is 2.03. The average Bonchev–Trinajstić information content (AvgIpc) is 3.07. The number of aliphatic hydroxyl groups is 3. The number of ether oxygens (including phenoxy) is 2. The zero-order valence-corrected chi connectivity index (χ0v) is 28.0. The molecule has 12 heteroatoms. The van der Waals surface area contributed by atoms with Crippen molar-refractivity contribution < 1.29 is 38.8 Å². The summed E-state index contributed by atoms with van der Waals surface area (Å²) in [7, 11) is 1.44. The van der Waals surface area contributed by atoms with Crippen molar-refractivity contribution in [3.63, 3.8) is 0 Å². The fourth-order valence-corrected chi connectivity index (χ4v) is 6.28. The van der Waals surface area contributed by atoms with Crippen molar-refractivity contribution in [3.8, 4) is 11.5 Å². The molecule has 1 aliphatic carbocycles. The minimum atomic E-state index is -1.37. The summed E-state index contributed by atoms with van der Waals surface area (Å²) in [5.41, 5.74) is 1.81. The van der Waals surface area contributed by atoms with Gasteiger partial charge in [0.15, 0.2) is 11.5 Å². The third-order valence-electron chi connectivity index (χ3n) is 7.95. The van der Waals surface area contributed by atoms with E-state index in [0.29, 0.717) is 25.9 Å². The normalized spacial score (nSPS) is 17.6. The first-order chi connectivity index (χ1) is 22.6. The predicted octanol–water partition coefficient (Wildman–Crippen LogP) is 3.47. The number of nitrogens with one attached hydrogen (secondary N) is 1. The maximum Gasteiger partial charge on any atom is 0.349 e. The van der Waals surface area contributed by atoms with E-state index in [1.807, 2.05) is 53.8 Å². The molecular formula is C35H35IN2O9. The van der Waals surface area contributed by atoms with Crippen LogP contribution in [0.1, 0.15) is 33.5 Å². The van der Waals surface area contributed by atoms with Crippen molar-refractivity contribution in [3.05, 3.63) is 115 Å². The highest BCUT2D eigenvalue weighted by atomic mass is 127. The molecular weight excluding hydrogens is 719 g/mol. The number of nitrogens with zero attached hydrogens (tertiary/aromatic N) is 1. The average molecular weight is 755 g/mol. The second-order valence-corrected chi connectivity index (χ2v) is 12.3. The van der Waals surface area contributed by atoms with Crippen LogP contribution in [0.25, 0.3) is 11.0 Å². The molecule has 1 aliphatic rings. The van der Waals surface area contributed by atoms with Crippen molar-refractivity contribution in [2.75, 3.05) is 20.3 Å². The first kappa shape index (κ1) is 34.1. The molecule has 0 fully saturated rings. The Kier molecular flexibility index (Phi) is 11.0. The number of methoxy groups -OCH3 is 1. The van der Waals surface area contributed by atoms with Gasteiger partial charge in [0.25, 0.3) is 5.91 Å². The number of halogens is 1. The third kappa shape index (κ3) is 7.67. The zero-order chi connectivity index (χ0) is 33.7. The molecule has 0 radical (unpaired) electrons. The number of para-hydroxylation sites is 1. The van der Waals surface area contributed by atoms with Crippen LogP contribution in [0.4, 0.5) is 0 Å². The van der Waals surface area contributed by atoms with Crippen LogP contribution < -0.4 is 20.4 Å². The Hall–Kier alpha value is -4.24. The van der Waals surface area contributed by atoms with Crippen molar-refractivity contribution in [2.24, 2.45) is 0 Å². The molecule has 0 spiro atoms. The Morgan fingerprint density at radius 1 is 1.06 bits per heavy atom. The van der Waals surface area contributed by atoms with E-state index >= 15 is 0 Å². The third-order valence-corrected chi connectivity index (χ3v) is 8.75. The zero-order valence-electron chi connectivity index (χ0n) is 25.8. The second-order valence-electron chi connectivity index (χ2n) is 11.2. The minimum Gasteiger partial charge on any atom is -0.493 e. The van der Waals surface area contributed by atoms with E-state index in [-0.39, 0.29) is 49.6 Å². The lowest BCUT2D eigenvalue weighted by Crippen LogP contribution is -2.55. The number of aliphatic hydroxyl groups excluding tert-OH is 3. The van der Waals surface area contributed by atoms with Gasteiger partial charge in [-0.25, -0.2) is 4.79 Å². The lowest BCUT2D eigenvalue weighted by molar-refractivity contribution is -0.118. The van der Waals surface area contributed by atoms with Gasteiger partial charge in [-0.05, 0) is 71.0 Å². The van der Waals surface area contributed by atoms with E-state index in [1.54, 1.807) is 36.4 Å². The number of rotatable bonds is 11. The van der Waals surface area contributed by atoms with E-state index in [4.69, 9.17) is 13.9 Å². The Bertz CT molecular complexity index is 1850. The molecule has 0 saturated heterocycles. The van der Waals surface area contributed by atoms with Gasteiger partial charge in [-0.3, -0.25) is 9.59 Å². The molecule has 0 unspecified atom stereocenters. The van der Waals surface area contributed by atoms with Crippen LogP contribution in [0.15, 0.2) is 87.6 Å². The molecule has 1 heterocycles. The fraction of sp³-hybridized carbons (Fsp3) is 0.286. The van der Waals surface area contributed by atoms with Gasteiger partial charge in [0, 0.05) is 30.5 Å². The summed E-state index contributed by atoms with van der Waals surface area (Å²) in [6.07, 6.45) is -1.11. The highest BCUT2D eigenvalue weighted by molar-refractivity contribution is 14.1. The van der Waals surface area contributed by atoms with E-state index in [2.05, 4.69) is 5.32 Å². The second kappa shape index (κ2) is 15.1. The quantitative estimate of drug-likeness (QED) is 0.133. The summed E-state index contributed by atoms with van der Waals surface area (Å²) in [6.45, 7) is 1.41. The lowest BCUT2D eigenvalue weighted by Gasteiger charge is -2.40. The summed E-state index contributed by atoms with van der Waals surface area (Å²) in [5, 5.41) is 34.1. The summed E-state index contributed by atoms with van der Waals surface area (Å²) < 4.78 is 17.9. The van der Waals surface area contributed by atoms with Crippen LogP contribution in [0, 0.1) is 10.5 Å². The first-order valence-electron chi connectivity index (χ1n) is 14.9. The minimum absolute atomic E-state index is 0.00256. The molecule has 0 saturated carbocycles. The Labute approximate surface area is 284 Å². The molecule has 5 rings (SSSR count). The van der Waals surface area contributed by atoms with Crippen LogP contribution in [0.3, 0.4) is 0 Å². The Balaban J connectivity index is 1.60. The Morgan fingerprint density at radius 3 is 2.51 bits per heavy atom. The fourth-order valence-electron chi connectivity index (χ4n) is 5.49. The molecule has 11 nitrogen and oxygen atoms in total. The smallest absolute Gasteiger partial charge is 0.349 e. The molecule has 47 heavy (non-hydrogen) atoms. The topological polar surface area (TPSA) is 159 Å². The SMILES string of the molecule is COc1cc(CO)cc(I)c1O[C@H]1C=C(C(=O)NCCO)C[C@@H](N(Cc2ccc(C)cc2)C(=O)c2cc3ccccc3oc2=O)[C@@H]1O. The Morgan fingerprint density at radius 2 is 1.81 bits per heavy atom. The molecule has 0 aliphatic heterocycles.